The number of hydrogen-bond donors (Lipinski definition) is 4. The molecule has 0 aliphatic rings. The fourth-order valence-electron chi connectivity index (χ4n) is 3.15. The number of benzene rings is 1. The Balaban J connectivity index is 2.31. The van der Waals surface area contributed by atoms with Crippen LogP contribution in [0.4, 0.5) is 24.7 Å². The van der Waals surface area contributed by atoms with Crippen LogP contribution in [0.3, 0.4) is 0 Å². The number of aromatic nitrogens is 1. The van der Waals surface area contributed by atoms with Crippen LogP contribution in [0.5, 0.6) is 5.75 Å². The second kappa shape index (κ2) is 11.8. The highest BCUT2D eigenvalue weighted by Gasteiger charge is 2.31. The normalized spacial score (nSPS) is 13.5. The molecule has 1 aromatic heterocycles. The summed E-state index contributed by atoms with van der Waals surface area (Å²) in [6, 6.07) is 6.37. The third-order valence-corrected chi connectivity index (χ3v) is 4.64. The summed E-state index contributed by atoms with van der Waals surface area (Å²) in [5, 5.41) is 31.2. The molecule has 0 saturated carbocycles. The number of hydrogen-bond acceptors (Lipinski definition) is 7. The van der Waals surface area contributed by atoms with Crippen LogP contribution >= 0.6 is 11.6 Å². The number of halogens is 4. The Morgan fingerprint density at radius 1 is 1.27 bits per heavy atom. The number of nitrogens with one attached hydrogen (secondary N) is 2. The van der Waals surface area contributed by atoms with E-state index in [4.69, 9.17) is 17.0 Å². The van der Waals surface area contributed by atoms with Crippen molar-refractivity contribution in [2.24, 2.45) is 5.92 Å². The summed E-state index contributed by atoms with van der Waals surface area (Å²) in [6.07, 6.45) is -3.20. The Bertz CT molecular complexity index is 997. The number of nitrogens with zero attached hydrogens (tertiary/aromatic N) is 1. The lowest BCUT2D eigenvalue weighted by molar-refractivity contribution is -0.274. The van der Waals surface area contributed by atoms with Gasteiger partial charge < -0.3 is 25.7 Å². The van der Waals surface area contributed by atoms with E-state index in [1.807, 2.05) is 0 Å². The molecule has 0 amide bonds. The minimum absolute atomic E-state index is 0.0558. The van der Waals surface area contributed by atoms with E-state index in [0.717, 1.165) is 17.7 Å². The predicted molar refractivity (Wildman–Crippen MR) is 118 cm³/mol. The topological polar surface area (TPSA) is 116 Å². The lowest BCUT2D eigenvalue weighted by Gasteiger charge is -2.20. The number of aliphatic hydroxyl groups is 2. The number of carbonyl (C=O) groups excluding carboxylic acids is 1. The zero-order valence-electron chi connectivity index (χ0n) is 17.6. The molecule has 11 heteroatoms. The maximum Gasteiger partial charge on any atom is 0.573 e. The lowest BCUT2D eigenvalue weighted by Crippen LogP contribution is -2.17. The molecule has 0 radical (unpaired) electrons. The summed E-state index contributed by atoms with van der Waals surface area (Å²) >= 11 is 5.42. The number of ketones is 1. The molecular formula is C22H23ClF3N3O4. The van der Waals surface area contributed by atoms with Gasteiger partial charge >= 0.3 is 6.36 Å². The average molecular weight is 486 g/mol. The third kappa shape index (κ3) is 8.16. The monoisotopic (exact) mass is 485 g/mol. The van der Waals surface area contributed by atoms with Gasteiger partial charge in [-0.3, -0.25) is 4.79 Å². The van der Waals surface area contributed by atoms with Crippen molar-refractivity contribution in [3.8, 4) is 5.75 Å². The van der Waals surface area contributed by atoms with Crippen LogP contribution in [-0.2, 0) is 4.79 Å². The Hall–Kier alpha value is -2.95. The first kappa shape index (κ1) is 26.3. The van der Waals surface area contributed by atoms with E-state index in [1.54, 1.807) is 6.92 Å². The summed E-state index contributed by atoms with van der Waals surface area (Å²) in [6.45, 7) is 1.18. The molecule has 0 saturated heterocycles. The van der Waals surface area contributed by atoms with Crippen molar-refractivity contribution in [3.63, 3.8) is 0 Å². The molecule has 2 atom stereocenters. The molecule has 0 bridgehead atoms. The lowest BCUT2D eigenvalue weighted by atomic mass is 9.91. The van der Waals surface area contributed by atoms with E-state index in [2.05, 4.69) is 15.0 Å². The minimum atomic E-state index is -4.81. The highest BCUT2D eigenvalue weighted by Crippen LogP contribution is 2.30. The van der Waals surface area contributed by atoms with Crippen LogP contribution in [0, 0.1) is 11.3 Å². The fraction of sp³-hybridized carbons (Fsp3) is 0.318. The summed E-state index contributed by atoms with van der Waals surface area (Å²) in [5.74, 6) is -0.674. The van der Waals surface area contributed by atoms with Gasteiger partial charge in [-0.05, 0) is 54.3 Å². The molecule has 2 unspecified atom stereocenters. The largest absolute Gasteiger partial charge is 0.573 e. The molecule has 0 aliphatic heterocycles. The molecular weight excluding hydrogens is 463 g/mol. The van der Waals surface area contributed by atoms with Crippen molar-refractivity contribution in [2.75, 3.05) is 11.9 Å². The van der Waals surface area contributed by atoms with Crippen molar-refractivity contribution in [1.82, 2.24) is 4.98 Å². The van der Waals surface area contributed by atoms with Gasteiger partial charge in [-0.25, -0.2) is 4.98 Å². The van der Waals surface area contributed by atoms with E-state index in [0.29, 0.717) is 5.69 Å². The first-order chi connectivity index (χ1) is 15.5. The van der Waals surface area contributed by atoms with Gasteiger partial charge in [0, 0.05) is 35.1 Å². The Kier molecular flexibility index (Phi) is 9.39. The number of carbonyl (C=O) groups is 1. The quantitative estimate of drug-likeness (QED) is 0.267. The number of ether oxygens (including phenoxy) is 1. The summed E-state index contributed by atoms with van der Waals surface area (Å²) in [4.78, 5) is 16.0. The van der Waals surface area contributed by atoms with Gasteiger partial charge in [-0.2, -0.15) is 0 Å². The standard InChI is InChI=1S/C22H23ClF3N3O4/c1-13(10-15(31)6-8-23)11-18(27)20-17(19(32)12-30)7-9-28-21(20)29-14-2-4-16(5-3-14)33-22(24,25)26/h2-9,13,19,27,30,32H,10-12H2,1H3,(H,28,29)/b8-6-,27-18?. The highest BCUT2D eigenvalue weighted by molar-refractivity contribution is 6.26. The number of allylic oxidation sites excluding steroid dienone is 1. The smallest absolute Gasteiger partial charge is 0.406 e. The molecule has 0 aliphatic carbocycles. The first-order valence-corrected chi connectivity index (χ1v) is 10.3. The number of alkyl halides is 3. The molecule has 33 heavy (non-hydrogen) atoms. The van der Waals surface area contributed by atoms with Crippen molar-refractivity contribution >= 4 is 34.6 Å². The van der Waals surface area contributed by atoms with Gasteiger partial charge in [0.05, 0.1) is 6.61 Å². The van der Waals surface area contributed by atoms with E-state index in [1.165, 1.54) is 30.5 Å². The fourth-order valence-corrected chi connectivity index (χ4v) is 3.29. The first-order valence-electron chi connectivity index (χ1n) is 9.82. The van der Waals surface area contributed by atoms with Gasteiger partial charge in [-0.15, -0.1) is 13.2 Å². The van der Waals surface area contributed by atoms with Crippen LogP contribution in [0.2, 0.25) is 0 Å². The molecule has 0 fully saturated rings. The zero-order valence-corrected chi connectivity index (χ0v) is 18.3. The minimum Gasteiger partial charge on any atom is -0.406 e. The van der Waals surface area contributed by atoms with E-state index in [-0.39, 0.29) is 47.2 Å². The van der Waals surface area contributed by atoms with Crippen LogP contribution in [0.1, 0.15) is 37.0 Å². The molecule has 178 valence electrons. The predicted octanol–water partition coefficient (Wildman–Crippen LogP) is 4.86. The Morgan fingerprint density at radius 3 is 2.52 bits per heavy atom. The Morgan fingerprint density at radius 2 is 1.94 bits per heavy atom. The maximum absolute atomic E-state index is 12.4. The molecule has 1 heterocycles. The van der Waals surface area contributed by atoms with Crippen molar-refractivity contribution in [3.05, 3.63) is 59.3 Å². The van der Waals surface area contributed by atoms with Gasteiger partial charge in [-0.1, -0.05) is 18.5 Å². The molecule has 2 rings (SSSR count). The highest BCUT2D eigenvalue weighted by atomic mass is 35.5. The zero-order chi connectivity index (χ0) is 24.6. The summed E-state index contributed by atoms with van der Waals surface area (Å²) in [5.41, 5.74) is 2.00. The average Bonchev–Trinajstić information content (AvgIpc) is 2.73. The second-order valence-electron chi connectivity index (χ2n) is 7.27. The summed E-state index contributed by atoms with van der Waals surface area (Å²) in [7, 11) is 0. The van der Waals surface area contributed by atoms with Crippen LogP contribution in [0.15, 0.2) is 48.1 Å². The van der Waals surface area contributed by atoms with Crippen LogP contribution < -0.4 is 10.1 Å². The Labute approximate surface area is 193 Å². The van der Waals surface area contributed by atoms with Crippen LogP contribution in [0.25, 0.3) is 0 Å². The third-order valence-electron chi connectivity index (χ3n) is 4.52. The van der Waals surface area contributed by atoms with Crippen LogP contribution in [-0.4, -0.2) is 39.7 Å². The van der Waals surface area contributed by atoms with E-state index in [9.17, 15) is 28.2 Å². The SMILES string of the molecule is CC(CC(=N)c1c(C(O)CO)ccnc1Nc1ccc(OC(F)(F)F)cc1)CC(=O)/C=C\Cl. The number of aliphatic hydroxyl groups excluding tert-OH is 2. The van der Waals surface area contributed by atoms with Crippen molar-refractivity contribution < 1.29 is 32.9 Å². The number of rotatable bonds is 11. The van der Waals surface area contributed by atoms with E-state index >= 15 is 0 Å². The van der Waals surface area contributed by atoms with Crippen molar-refractivity contribution in [2.45, 2.75) is 32.2 Å². The summed E-state index contributed by atoms with van der Waals surface area (Å²) < 4.78 is 40.9. The molecule has 4 N–H and O–H groups in total. The molecule has 2 aromatic rings. The van der Waals surface area contributed by atoms with Crippen molar-refractivity contribution in [1.29, 1.82) is 5.41 Å². The molecule has 1 aromatic carbocycles. The maximum atomic E-state index is 12.4. The van der Waals surface area contributed by atoms with Gasteiger partial charge in [0.1, 0.15) is 17.7 Å². The van der Waals surface area contributed by atoms with Gasteiger partial charge in [0.25, 0.3) is 0 Å². The molecule has 7 nitrogen and oxygen atoms in total. The second-order valence-corrected chi connectivity index (χ2v) is 7.52. The number of anilines is 2. The van der Waals surface area contributed by atoms with E-state index < -0.39 is 24.8 Å². The number of pyridine rings is 1. The van der Waals surface area contributed by atoms with Gasteiger partial charge in [0.2, 0.25) is 0 Å². The molecule has 0 spiro atoms. The van der Waals surface area contributed by atoms with Gasteiger partial charge in [0.15, 0.2) is 5.78 Å².